The molecule has 0 spiro atoms. The molecule has 0 saturated heterocycles. The summed E-state index contributed by atoms with van der Waals surface area (Å²) in [6, 6.07) is 3.82. The van der Waals surface area contributed by atoms with Gasteiger partial charge in [-0.15, -0.1) is 11.6 Å². The van der Waals surface area contributed by atoms with E-state index in [1.54, 1.807) is 0 Å². The van der Waals surface area contributed by atoms with Crippen molar-refractivity contribution in [2.24, 2.45) is 0 Å². The summed E-state index contributed by atoms with van der Waals surface area (Å²) in [5.74, 6) is 0.874. The molecule has 0 bridgehead atoms. The maximum atomic E-state index is 6.15. The van der Waals surface area contributed by atoms with Crippen molar-refractivity contribution in [2.75, 3.05) is 6.61 Å². The highest BCUT2D eigenvalue weighted by Gasteiger charge is 2.21. The Morgan fingerprint density at radius 2 is 2.23 bits per heavy atom. The molecule has 0 aromatic heterocycles. The fourth-order valence-electron chi connectivity index (χ4n) is 1.55. The molecule has 1 aromatic rings. The minimum Gasteiger partial charge on any atom is -0.493 e. The van der Waals surface area contributed by atoms with Crippen molar-refractivity contribution in [1.29, 1.82) is 0 Å². The fourth-order valence-corrected chi connectivity index (χ4v) is 1.96. The second-order valence-corrected chi connectivity index (χ2v) is 4.13. The van der Waals surface area contributed by atoms with Gasteiger partial charge in [0.05, 0.1) is 12.0 Å². The molecule has 1 heterocycles. The van der Waals surface area contributed by atoms with E-state index in [-0.39, 0.29) is 5.38 Å². The van der Waals surface area contributed by atoms with Gasteiger partial charge in [0.2, 0.25) is 0 Å². The lowest BCUT2D eigenvalue weighted by Gasteiger charge is -2.23. The molecule has 70 valence electrons. The number of halogens is 2. The molecule has 2 rings (SSSR count). The van der Waals surface area contributed by atoms with Crippen molar-refractivity contribution in [1.82, 2.24) is 0 Å². The Bertz CT molecular complexity index is 336. The number of alkyl halides is 1. The smallest absolute Gasteiger partial charge is 0.128 e. The van der Waals surface area contributed by atoms with Gasteiger partial charge >= 0.3 is 0 Å². The molecule has 0 N–H and O–H groups in total. The van der Waals surface area contributed by atoms with E-state index in [9.17, 15) is 0 Å². The first-order valence-electron chi connectivity index (χ1n) is 4.26. The predicted molar refractivity (Wildman–Crippen MR) is 54.9 cm³/mol. The summed E-state index contributed by atoms with van der Waals surface area (Å²) >= 11 is 12.1. The summed E-state index contributed by atoms with van der Waals surface area (Å²) in [4.78, 5) is 0. The van der Waals surface area contributed by atoms with E-state index in [1.165, 1.54) is 0 Å². The first-order chi connectivity index (χ1) is 6.20. The van der Waals surface area contributed by atoms with Gasteiger partial charge in [0.15, 0.2) is 0 Å². The SMILES string of the molecule is Cc1c(Cl)ccc2c1OCCC2Cl. The van der Waals surface area contributed by atoms with Crippen LogP contribution in [0, 0.1) is 6.92 Å². The second kappa shape index (κ2) is 3.39. The Morgan fingerprint density at radius 1 is 1.46 bits per heavy atom. The minimum atomic E-state index is 0.0692. The van der Waals surface area contributed by atoms with E-state index >= 15 is 0 Å². The van der Waals surface area contributed by atoms with Gasteiger partial charge in [-0.05, 0) is 13.0 Å². The third-order valence-electron chi connectivity index (χ3n) is 2.33. The molecule has 1 nitrogen and oxygen atoms in total. The zero-order chi connectivity index (χ0) is 9.42. The lowest BCUT2D eigenvalue weighted by molar-refractivity contribution is 0.283. The molecule has 0 saturated carbocycles. The average molecular weight is 217 g/mol. The Balaban J connectivity index is 2.56. The van der Waals surface area contributed by atoms with E-state index in [4.69, 9.17) is 27.9 Å². The topological polar surface area (TPSA) is 9.23 Å². The highest BCUT2D eigenvalue weighted by atomic mass is 35.5. The van der Waals surface area contributed by atoms with E-state index in [0.29, 0.717) is 6.61 Å². The monoisotopic (exact) mass is 216 g/mol. The summed E-state index contributed by atoms with van der Waals surface area (Å²) < 4.78 is 5.54. The molecule has 0 aliphatic carbocycles. The lowest BCUT2D eigenvalue weighted by Crippen LogP contribution is -2.11. The highest BCUT2D eigenvalue weighted by Crippen LogP contribution is 2.40. The van der Waals surface area contributed by atoms with Gasteiger partial charge in [-0.25, -0.2) is 0 Å². The Hall–Kier alpha value is -0.400. The van der Waals surface area contributed by atoms with Gasteiger partial charge in [0.25, 0.3) is 0 Å². The zero-order valence-electron chi connectivity index (χ0n) is 7.31. The number of rotatable bonds is 0. The number of fused-ring (bicyclic) bond motifs is 1. The molecule has 13 heavy (non-hydrogen) atoms. The largest absolute Gasteiger partial charge is 0.493 e. The number of benzene rings is 1. The summed E-state index contributed by atoms with van der Waals surface area (Å²) in [5, 5.41) is 0.809. The Morgan fingerprint density at radius 3 is 3.00 bits per heavy atom. The summed E-state index contributed by atoms with van der Waals surface area (Å²) in [6.07, 6.45) is 0.871. The van der Waals surface area contributed by atoms with Crippen molar-refractivity contribution in [2.45, 2.75) is 18.7 Å². The van der Waals surface area contributed by atoms with Crippen molar-refractivity contribution in [3.05, 3.63) is 28.3 Å². The van der Waals surface area contributed by atoms with Crippen molar-refractivity contribution in [3.63, 3.8) is 0 Å². The molecule has 0 fully saturated rings. The highest BCUT2D eigenvalue weighted by molar-refractivity contribution is 6.31. The Labute approximate surface area is 87.6 Å². The van der Waals surface area contributed by atoms with Gasteiger partial charge in [0, 0.05) is 22.6 Å². The van der Waals surface area contributed by atoms with Crippen LogP contribution in [-0.4, -0.2) is 6.61 Å². The molecular weight excluding hydrogens is 207 g/mol. The van der Waals surface area contributed by atoms with Crippen LogP contribution in [0.5, 0.6) is 5.75 Å². The van der Waals surface area contributed by atoms with E-state index in [0.717, 1.165) is 28.3 Å². The molecule has 1 atom stereocenters. The van der Waals surface area contributed by atoms with Crippen LogP contribution in [0.3, 0.4) is 0 Å². The predicted octanol–water partition coefficient (Wildman–Crippen LogP) is 3.71. The van der Waals surface area contributed by atoms with Crippen LogP contribution in [0.15, 0.2) is 12.1 Å². The molecule has 1 aliphatic rings. The first-order valence-corrected chi connectivity index (χ1v) is 5.07. The van der Waals surface area contributed by atoms with Gasteiger partial charge in [-0.1, -0.05) is 17.7 Å². The molecule has 1 aliphatic heterocycles. The van der Waals surface area contributed by atoms with Crippen LogP contribution in [-0.2, 0) is 0 Å². The number of ether oxygens (including phenoxy) is 1. The zero-order valence-corrected chi connectivity index (χ0v) is 8.82. The van der Waals surface area contributed by atoms with Crippen LogP contribution in [0.1, 0.15) is 22.9 Å². The van der Waals surface area contributed by atoms with Gasteiger partial charge in [0.1, 0.15) is 5.75 Å². The standard InChI is InChI=1S/C10H10Cl2O/c1-6-8(11)3-2-7-9(12)4-5-13-10(6)7/h2-3,9H,4-5H2,1H3. The van der Waals surface area contributed by atoms with Gasteiger partial charge in [-0.2, -0.15) is 0 Å². The molecule has 0 amide bonds. The number of hydrogen-bond acceptors (Lipinski definition) is 1. The quantitative estimate of drug-likeness (QED) is 0.602. The molecule has 1 aromatic carbocycles. The van der Waals surface area contributed by atoms with Crippen molar-refractivity contribution < 1.29 is 4.74 Å². The molecule has 1 unspecified atom stereocenters. The summed E-state index contributed by atoms with van der Waals surface area (Å²) in [5.41, 5.74) is 2.05. The third kappa shape index (κ3) is 1.51. The maximum absolute atomic E-state index is 6.15. The Kier molecular flexibility index (Phi) is 2.39. The lowest BCUT2D eigenvalue weighted by atomic mass is 10.0. The van der Waals surface area contributed by atoms with E-state index in [2.05, 4.69) is 0 Å². The normalized spacial score (nSPS) is 20.7. The first kappa shape index (κ1) is 9.17. The number of hydrogen-bond donors (Lipinski definition) is 0. The third-order valence-corrected chi connectivity index (χ3v) is 3.19. The van der Waals surface area contributed by atoms with Gasteiger partial charge in [-0.3, -0.25) is 0 Å². The second-order valence-electron chi connectivity index (χ2n) is 3.20. The van der Waals surface area contributed by atoms with Crippen molar-refractivity contribution >= 4 is 23.2 Å². The van der Waals surface area contributed by atoms with Crippen LogP contribution in [0.2, 0.25) is 5.02 Å². The van der Waals surface area contributed by atoms with Crippen LogP contribution in [0.4, 0.5) is 0 Å². The van der Waals surface area contributed by atoms with Crippen LogP contribution < -0.4 is 4.74 Å². The minimum absolute atomic E-state index is 0.0692. The summed E-state index contributed by atoms with van der Waals surface area (Å²) in [6.45, 7) is 2.64. The van der Waals surface area contributed by atoms with E-state index in [1.807, 2.05) is 19.1 Å². The van der Waals surface area contributed by atoms with Crippen LogP contribution in [0.25, 0.3) is 0 Å². The fraction of sp³-hybridized carbons (Fsp3) is 0.400. The van der Waals surface area contributed by atoms with Crippen molar-refractivity contribution in [3.8, 4) is 5.75 Å². The van der Waals surface area contributed by atoms with Gasteiger partial charge < -0.3 is 4.74 Å². The van der Waals surface area contributed by atoms with E-state index < -0.39 is 0 Å². The molecule has 3 heteroatoms. The molecular formula is C10H10Cl2O. The summed E-state index contributed by atoms with van der Waals surface area (Å²) in [7, 11) is 0. The molecule has 0 radical (unpaired) electrons. The van der Waals surface area contributed by atoms with Crippen LogP contribution >= 0.6 is 23.2 Å². The average Bonchev–Trinajstić information content (AvgIpc) is 2.12. The maximum Gasteiger partial charge on any atom is 0.128 e.